The van der Waals surface area contributed by atoms with Crippen LogP contribution < -0.4 is 15.4 Å². The van der Waals surface area contributed by atoms with E-state index in [4.69, 9.17) is 9.47 Å². The van der Waals surface area contributed by atoms with E-state index in [1.165, 1.54) is 0 Å². The number of amides is 2. The third kappa shape index (κ3) is 4.48. The minimum absolute atomic E-state index is 0.104. The third-order valence-corrected chi connectivity index (χ3v) is 4.42. The molecule has 2 amide bonds. The first-order chi connectivity index (χ1) is 12.3. The Hall–Kier alpha value is -2.60. The molecular formula is C19H23N3O3. The lowest BCUT2D eigenvalue weighted by molar-refractivity contribution is 0.0550. The zero-order chi connectivity index (χ0) is 17.5. The summed E-state index contributed by atoms with van der Waals surface area (Å²) >= 11 is 0. The van der Waals surface area contributed by atoms with Crippen LogP contribution in [-0.2, 0) is 4.74 Å². The van der Waals surface area contributed by atoms with Gasteiger partial charge in [0.25, 0.3) is 0 Å². The van der Waals surface area contributed by atoms with Crippen molar-refractivity contribution >= 4 is 11.7 Å². The van der Waals surface area contributed by atoms with E-state index in [0.29, 0.717) is 17.4 Å². The molecule has 132 valence electrons. The molecule has 1 aromatic carbocycles. The number of hydrogen-bond donors (Lipinski definition) is 2. The molecule has 0 spiro atoms. The standard InChI is InChI=1S/C19H23N3O3/c1-24-17-7-3-2-6-16(17)21-19(23)22-18(14-8-11-25-12-9-14)15-5-4-10-20-13-15/h2-7,10,13-14,18H,8-9,11-12H2,1H3,(H2,21,22,23)/t18-/m1/s1. The zero-order valence-corrected chi connectivity index (χ0v) is 14.3. The molecule has 1 aromatic heterocycles. The zero-order valence-electron chi connectivity index (χ0n) is 14.3. The highest BCUT2D eigenvalue weighted by Crippen LogP contribution is 2.30. The van der Waals surface area contributed by atoms with E-state index in [0.717, 1.165) is 31.6 Å². The minimum Gasteiger partial charge on any atom is -0.495 e. The van der Waals surface area contributed by atoms with Crippen molar-refractivity contribution < 1.29 is 14.3 Å². The van der Waals surface area contributed by atoms with E-state index in [2.05, 4.69) is 15.6 Å². The van der Waals surface area contributed by atoms with Crippen molar-refractivity contribution in [3.8, 4) is 5.75 Å². The number of carbonyl (C=O) groups is 1. The molecule has 25 heavy (non-hydrogen) atoms. The summed E-state index contributed by atoms with van der Waals surface area (Å²) in [6, 6.07) is 10.9. The van der Waals surface area contributed by atoms with E-state index in [1.807, 2.05) is 42.6 Å². The van der Waals surface area contributed by atoms with Gasteiger partial charge in [0.15, 0.2) is 0 Å². The number of ether oxygens (including phenoxy) is 2. The normalized spacial score (nSPS) is 16.0. The molecule has 2 heterocycles. The van der Waals surface area contributed by atoms with E-state index < -0.39 is 0 Å². The molecule has 1 aliphatic rings. The van der Waals surface area contributed by atoms with Gasteiger partial charge >= 0.3 is 6.03 Å². The summed E-state index contributed by atoms with van der Waals surface area (Å²) in [5.41, 5.74) is 1.64. The first kappa shape index (κ1) is 17.2. The van der Waals surface area contributed by atoms with Crippen LogP contribution in [0.1, 0.15) is 24.4 Å². The third-order valence-electron chi connectivity index (χ3n) is 4.42. The minimum atomic E-state index is -0.259. The summed E-state index contributed by atoms with van der Waals surface area (Å²) in [6.45, 7) is 1.44. The number of anilines is 1. The Kier molecular flexibility index (Phi) is 5.85. The topological polar surface area (TPSA) is 72.5 Å². The van der Waals surface area contributed by atoms with Crippen LogP contribution in [0.15, 0.2) is 48.8 Å². The number of rotatable bonds is 5. The highest BCUT2D eigenvalue weighted by atomic mass is 16.5. The number of aromatic nitrogens is 1. The second-order valence-electron chi connectivity index (χ2n) is 6.01. The average molecular weight is 341 g/mol. The summed E-state index contributed by atoms with van der Waals surface area (Å²) in [5, 5.41) is 5.98. The Labute approximate surface area is 147 Å². The van der Waals surface area contributed by atoms with E-state index >= 15 is 0 Å². The van der Waals surface area contributed by atoms with Gasteiger partial charge in [0, 0.05) is 25.6 Å². The fourth-order valence-corrected chi connectivity index (χ4v) is 3.13. The lowest BCUT2D eigenvalue weighted by atomic mass is 9.88. The fourth-order valence-electron chi connectivity index (χ4n) is 3.13. The Morgan fingerprint density at radius 1 is 1.24 bits per heavy atom. The predicted molar refractivity (Wildman–Crippen MR) is 95.7 cm³/mol. The Morgan fingerprint density at radius 3 is 2.76 bits per heavy atom. The van der Waals surface area contributed by atoms with Crippen molar-refractivity contribution in [1.29, 1.82) is 0 Å². The SMILES string of the molecule is COc1ccccc1NC(=O)N[C@@H](c1cccnc1)C1CCOCC1. The summed E-state index contributed by atoms with van der Waals surface area (Å²) in [7, 11) is 1.58. The molecule has 3 rings (SSSR count). The monoisotopic (exact) mass is 341 g/mol. The second kappa shape index (κ2) is 8.48. The second-order valence-corrected chi connectivity index (χ2v) is 6.01. The molecule has 0 radical (unpaired) electrons. The number of nitrogens with one attached hydrogen (secondary N) is 2. The highest BCUT2D eigenvalue weighted by Gasteiger charge is 2.27. The van der Waals surface area contributed by atoms with Crippen molar-refractivity contribution in [2.24, 2.45) is 5.92 Å². The number of para-hydroxylation sites is 2. The van der Waals surface area contributed by atoms with E-state index in [9.17, 15) is 4.79 Å². The number of benzene rings is 1. The van der Waals surface area contributed by atoms with E-state index in [1.54, 1.807) is 13.3 Å². The number of carbonyl (C=O) groups excluding carboxylic acids is 1. The number of pyridine rings is 1. The van der Waals surface area contributed by atoms with Gasteiger partial charge in [-0.15, -0.1) is 0 Å². The molecule has 1 aliphatic heterocycles. The first-order valence-electron chi connectivity index (χ1n) is 8.46. The van der Waals surface area contributed by atoms with Crippen LogP contribution in [0.4, 0.5) is 10.5 Å². The molecule has 0 aliphatic carbocycles. The summed E-state index contributed by atoms with van der Waals surface area (Å²) in [4.78, 5) is 16.8. The molecule has 6 heteroatoms. The molecule has 1 saturated heterocycles. The van der Waals surface area contributed by atoms with Crippen LogP contribution in [0.2, 0.25) is 0 Å². The van der Waals surface area contributed by atoms with Crippen molar-refractivity contribution in [2.75, 3.05) is 25.6 Å². The quantitative estimate of drug-likeness (QED) is 0.874. The fraction of sp³-hybridized carbons (Fsp3) is 0.368. The van der Waals surface area contributed by atoms with Crippen molar-refractivity contribution in [1.82, 2.24) is 10.3 Å². The molecule has 1 fully saturated rings. The molecule has 0 saturated carbocycles. The Bertz CT molecular complexity index is 687. The Balaban J connectivity index is 1.74. The first-order valence-corrected chi connectivity index (χ1v) is 8.46. The van der Waals surface area contributed by atoms with E-state index in [-0.39, 0.29) is 12.1 Å². The molecule has 6 nitrogen and oxygen atoms in total. The average Bonchev–Trinajstić information content (AvgIpc) is 2.68. The molecule has 0 bridgehead atoms. The molecule has 1 atom stereocenters. The maximum Gasteiger partial charge on any atom is 0.319 e. The van der Waals surface area contributed by atoms with Gasteiger partial charge in [-0.2, -0.15) is 0 Å². The van der Waals surface area contributed by atoms with Crippen LogP contribution in [0, 0.1) is 5.92 Å². The molecule has 0 unspecified atom stereocenters. The molecule has 2 aromatic rings. The van der Waals surface area contributed by atoms with Gasteiger partial charge in [-0.05, 0) is 42.5 Å². The highest BCUT2D eigenvalue weighted by molar-refractivity contribution is 5.91. The number of urea groups is 1. The smallest absolute Gasteiger partial charge is 0.319 e. The van der Waals surface area contributed by atoms with Gasteiger partial charge in [-0.1, -0.05) is 18.2 Å². The van der Waals surface area contributed by atoms with Crippen molar-refractivity contribution in [3.05, 3.63) is 54.4 Å². The van der Waals surface area contributed by atoms with Crippen LogP contribution in [0.5, 0.6) is 5.75 Å². The molecular weight excluding hydrogens is 318 g/mol. The lowest BCUT2D eigenvalue weighted by Gasteiger charge is -2.31. The molecule has 2 N–H and O–H groups in total. The number of nitrogens with zero attached hydrogens (tertiary/aromatic N) is 1. The summed E-state index contributed by atoms with van der Waals surface area (Å²) in [6.07, 6.45) is 5.37. The van der Waals surface area contributed by atoms with Gasteiger partial charge in [0.05, 0.1) is 18.8 Å². The number of hydrogen-bond acceptors (Lipinski definition) is 4. The largest absolute Gasteiger partial charge is 0.495 e. The predicted octanol–water partition coefficient (Wildman–Crippen LogP) is 3.38. The van der Waals surface area contributed by atoms with Crippen LogP contribution >= 0.6 is 0 Å². The maximum atomic E-state index is 12.6. The van der Waals surface area contributed by atoms with Crippen LogP contribution in [0.3, 0.4) is 0 Å². The van der Waals surface area contributed by atoms with Crippen molar-refractivity contribution in [3.63, 3.8) is 0 Å². The Morgan fingerprint density at radius 2 is 2.04 bits per heavy atom. The van der Waals surface area contributed by atoms with Gasteiger partial charge < -0.3 is 20.1 Å². The summed E-state index contributed by atoms with van der Waals surface area (Å²) in [5.74, 6) is 0.947. The number of methoxy groups -OCH3 is 1. The van der Waals surface area contributed by atoms with Gasteiger partial charge in [0.2, 0.25) is 0 Å². The summed E-state index contributed by atoms with van der Waals surface area (Å²) < 4.78 is 10.7. The van der Waals surface area contributed by atoms with Gasteiger partial charge in [0.1, 0.15) is 5.75 Å². The van der Waals surface area contributed by atoms with Crippen LogP contribution in [-0.4, -0.2) is 31.3 Å². The lowest BCUT2D eigenvalue weighted by Crippen LogP contribution is -2.38. The van der Waals surface area contributed by atoms with Gasteiger partial charge in [-0.25, -0.2) is 4.79 Å². The van der Waals surface area contributed by atoms with Gasteiger partial charge in [-0.3, -0.25) is 4.98 Å². The van der Waals surface area contributed by atoms with Crippen molar-refractivity contribution in [2.45, 2.75) is 18.9 Å². The maximum absolute atomic E-state index is 12.6. The van der Waals surface area contributed by atoms with Crippen LogP contribution in [0.25, 0.3) is 0 Å².